The molecule has 43 heavy (non-hydrogen) atoms. The molecule has 0 saturated heterocycles. The number of para-hydroxylation sites is 1. The van der Waals surface area contributed by atoms with Gasteiger partial charge in [0.2, 0.25) is 0 Å². The minimum Gasteiger partial charge on any atom is -0.497 e. The van der Waals surface area contributed by atoms with E-state index in [4.69, 9.17) is 4.74 Å². The van der Waals surface area contributed by atoms with Crippen LogP contribution in [0.25, 0.3) is 23.8 Å². The fraction of sp³-hybridized carbons (Fsp3) is 0.0244. The van der Waals surface area contributed by atoms with Crippen molar-refractivity contribution in [3.63, 3.8) is 0 Å². The van der Waals surface area contributed by atoms with E-state index < -0.39 is 0 Å². The highest BCUT2D eigenvalue weighted by molar-refractivity contribution is 5.91. The maximum Gasteiger partial charge on any atom is 0.118 e. The third-order valence-corrected chi connectivity index (χ3v) is 7.38. The number of nitrogens with zero attached hydrogens (tertiary/aromatic N) is 1. The molecule has 6 aromatic carbocycles. The largest absolute Gasteiger partial charge is 0.497 e. The van der Waals surface area contributed by atoms with Crippen LogP contribution in [0.3, 0.4) is 0 Å². The molecular weight excluding hydrogens is 522 g/mol. The van der Waals surface area contributed by atoms with Crippen molar-refractivity contribution in [3.8, 4) is 5.75 Å². The van der Waals surface area contributed by atoms with Crippen molar-refractivity contribution in [1.82, 2.24) is 0 Å². The van der Waals surface area contributed by atoms with Gasteiger partial charge in [-0.3, -0.25) is 0 Å². The van der Waals surface area contributed by atoms with Crippen molar-refractivity contribution < 1.29 is 4.74 Å². The second-order valence-corrected chi connectivity index (χ2v) is 10.3. The lowest BCUT2D eigenvalue weighted by atomic mass is 9.95. The Morgan fingerprint density at radius 3 is 1.30 bits per heavy atom. The van der Waals surface area contributed by atoms with E-state index in [1.54, 1.807) is 7.11 Å². The van der Waals surface area contributed by atoms with E-state index in [2.05, 4.69) is 175 Å². The normalized spacial score (nSPS) is 10.8. The summed E-state index contributed by atoms with van der Waals surface area (Å²) in [6.07, 6.45) is 6.52. The third-order valence-electron chi connectivity index (χ3n) is 7.38. The molecule has 0 aliphatic carbocycles. The molecule has 6 aromatic rings. The van der Waals surface area contributed by atoms with Crippen LogP contribution in [0.4, 0.5) is 17.1 Å². The summed E-state index contributed by atoms with van der Waals surface area (Å²) in [4.78, 5) is 2.29. The first-order chi connectivity index (χ1) is 21.3. The van der Waals surface area contributed by atoms with Gasteiger partial charge in [-0.2, -0.15) is 0 Å². The van der Waals surface area contributed by atoms with E-state index in [1.165, 1.54) is 16.7 Å². The van der Waals surface area contributed by atoms with Gasteiger partial charge in [0.1, 0.15) is 5.75 Å². The molecule has 6 rings (SSSR count). The molecule has 208 valence electrons. The molecule has 0 saturated carbocycles. The van der Waals surface area contributed by atoms with E-state index in [0.29, 0.717) is 0 Å². The maximum absolute atomic E-state index is 5.27. The van der Waals surface area contributed by atoms with Crippen LogP contribution in [0, 0.1) is 0 Å². The van der Waals surface area contributed by atoms with Gasteiger partial charge in [-0.15, -0.1) is 0 Å². The van der Waals surface area contributed by atoms with Crippen LogP contribution in [0.15, 0.2) is 164 Å². The third kappa shape index (κ3) is 6.83. The van der Waals surface area contributed by atoms with Gasteiger partial charge in [0, 0.05) is 17.1 Å². The highest BCUT2D eigenvalue weighted by Crippen LogP contribution is 2.35. The Morgan fingerprint density at radius 1 is 0.442 bits per heavy atom. The number of anilines is 3. The molecule has 0 heterocycles. The van der Waals surface area contributed by atoms with Crippen LogP contribution in [0.1, 0.15) is 27.8 Å². The van der Waals surface area contributed by atoms with Crippen LogP contribution >= 0.6 is 0 Å². The zero-order chi connectivity index (χ0) is 29.3. The first kappa shape index (κ1) is 27.6. The Morgan fingerprint density at radius 2 is 0.837 bits per heavy atom. The highest BCUT2D eigenvalue weighted by atomic mass is 16.5. The van der Waals surface area contributed by atoms with Crippen molar-refractivity contribution in [2.45, 2.75) is 0 Å². The molecule has 0 amide bonds. The van der Waals surface area contributed by atoms with Gasteiger partial charge in [0.25, 0.3) is 0 Å². The summed E-state index contributed by atoms with van der Waals surface area (Å²) in [5.41, 5.74) is 10.3. The quantitative estimate of drug-likeness (QED) is 0.165. The first-order valence-corrected chi connectivity index (χ1v) is 14.5. The Balaban J connectivity index is 1.30. The van der Waals surface area contributed by atoms with Crippen molar-refractivity contribution >= 4 is 40.9 Å². The lowest BCUT2D eigenvalue weighted by Crippen LogP contribution is -2.09. The Bertz CT molecular complexity index is 1750. The summed E-state index contributed by atoms with van der Waals surface area (Å²) in [5.74, 6) is 0.861. The van der Waals surface area contributed by atoms with Crippen LogP contribution in [0.2, 0.25) is 0 Å². The fourth-order valence-corrected chi connectivity index (χ4v) is 5.12. The van der Waals surface area contributed by atoms with Gasteiger partial charge in [0.05, 0.1) is 7.11 Å². The second kappa shape index (κ2) is 13.4. The Labute approximate surface area is 254 Å². The number of rotatable bonds is 9. The van der Waals surface area contributed by atoms with Crippen LogP contribution in [-0.4, -0.2) is 7.11 Å². The lowest BCUT2D eigenvalue weighted by Gasteiger charge is -2.25. The second-order valence-electron chi connectivity index (χ2n) is 10.3. The molecule has 0 spiro atoms. The number of hydrogen-bond acceptors (Lipinski definition) is 2. The number of methoxy groups -OCH3 is 1. The van der Waals surface area contributed by atoms with Crippen LogP contribution in [0.5, 0.6) is 5.75 Å². The smallest absolute Gasteiger partial charge is 0.118 e. The summed E-state index contributed by atoms with van der Waals surface area (Å²) in [6.45, 7) is 0. The Kier molecular flexibility index (Phi) is 8.57. The first-order valence-electron chi connectivity index (χ1n) is 14.5. The van der Waals surface area contributed by atoms with E-state index in [0.717, 1.165) is 39.5 Å². The van der Waals surface area contributed by atoms with Crippen molar-refractivity contribution in [1.29, 1.82) is 0 Å². The molecule has 0 fully saturated rings. The molecule has 2 nitrogen and oxygen atoms in total. The minimum atomic E-state index is 0.861. The predicted octanol–water partition coefficient (Wildman–Crippen LogP) is 10.9. The molecule has 0 N–H and O–H groups in total. The number of hydrogen-bond donors (Lipinski definition) is 0. The van der Waals surface area contributed by atoms with Gasteiger partial charge < -0.3 is 9.64 Å². The van der Waals surface area contributed by atoms with Gasteiger partial charge in [-0.25, -0.2) is 0 Å². The summed E-state index contributed by atoms with van der Waals surface area (Å²) in [7, 11) is 1.68. The number of ether oxygens (including phenoxy) is 1. The van der Waals surface area contributed by atoms with E-state index in [-0.39, 0.29) is 0 Å². The van der Waals surface area contributed by atoms with Crippen LogP contribution in [-0.2, 0) is 0 Å². The zero-order valence-corrected chi connectivity index (χ0v) is 24.2. The molecule has 0 radical (unpaired) electrons. The molecule has 0 aliphatic heterocycles. The summed E-state index contributed by atoms with van der Waals surface area (Å²) < 4.78 is 5.27. The monoisotopic (exact) mass is 555 g/mol. The fourth-order valence-electron chi connectivity index (χ4n) is 5.12. The summed E-state index contributed by atoms with van der Waals surface area (Å²) in [6, 6.07) is 57.2. The predicted molar refractivity (Wildman–Crippen MR) is 183 cm³/mol. The van der Waals surface area contributed by atoms with Gasteiger partial charge >= 0.3 is 0 Å². The molecule has 0 unspecified atom stereocenters. The van der Waals surface area contributed by atoms with E-state index >= 15 is 0 Å². The molecular formula is C41H33NO. The lowest BCUT2D eigenvalue weighted by molar-refractivity contribution is 0.415. The summed E-state index contributed by atoms with van der Waals surface area (Å²) in [5, 5.41) is 0. The van der Waals surface area contributed by atoms with E-state index in [9.17, 15) is 0 Å². The topological polar surface area (TPSA) is 12.5 Å². The van der Waals surface area contributed by atoms with Crippen LogP contribution < -0.4 is 9.64 Å². The average Bonchev–Trinajstić information content (AvgIpc) is 3.09. The average molecular weight is 556 g/mol. The molecule has 0 aromatic heterocycles. The van der Waals surface area contributed by atoms with Gasteiger partial charge in [-0.05, 0) is 88.0 Å². The highest BCUT2D eigenvalue weighted by Gasteiger charge is 2.12. The maximum atomic E-state index is 5.27. The van der Waals surface area contributed by atoms with Gasteiger partial charge in [-0.1, -0.05) is 127 Å². The molecule has 2 heteroatoms. The SMILES string of the molecule is COc1ccc(/C=C/c2ccc(N(c3ccccc3)c3ccc(C=C(c4ccccc4)c4ccccc4)cc3)cc2)cc1. The standard InChI is InChI=1S/C41H33NO/c1-43-40-29-23-33(24-30-40)18-17-32-19-25-38(26-20-32)42(37-15-9-4-10-16-37)39-27-21-34(22-28-39)31-41(35-11-5-2-6-12-35)36-13-7-3-8-14-36/h2-31H,1H3/b18-17+. The summed E-state index contributed by atoms with van der Waals surface area (Å²) >= 11 is 0. The van der Waals surface area contributed by atoms with E-state index in [1.807, 2.05) is 12.1 Å². The minimum absolute atomic E-state index is 0.861. The zero-order valence-electron chi connectivity index (χ0n) is 24.2. The molecule has 0 bridgehead atoms. The van der Waals surface area contributed by atoms with Crippen molar-refractivity contribution in [2.24, 2.45) is 0 Å². The molecule has 0 atom stereocenters. The Hall–Kier alpha value is -5.60. The van der Waals surface area contributed by atoms with Crippen molar-refractivity contribution in [3.05, 3.63) is 192 Å². The molecule has 0 aliphatic rings. The van der Waals surface area contributed by atoms with Crippen molar-refractivity contribution in [2.75, 3.05) is 12.0 Å². The van der Waals surface area contributed by atoms with Gasteiger partial charge in [0.15, 0.2) is 0 Å². The number of benzene rings is 6.